The van der Waals surface area contributed by atoms with Gasteiger partial charge >= 0.3 is 11.9 Å². The highest BCUT2D eigenvalue weighted by Gasteiger charge is 2.38. The zero-order valence-electron chi connectivity index (χ0n) is 24.1. The van der Waals surface area contributed by atoms with E-state index in [0.29, 0.717) is 29.3 Å². The molecule has 2 aromatic carbocycles. The van der Waals surface area contributed by atoms with Crippen LogP contribution in [0.5, 0.6) is 0 Å². The number of nitro groups is 1. The minimum Gasteiger partial charge on any atom is -0.466 e. The molecule has 2 heterocycles. The van der Waals surface area contributed by atoms with Gasteiger partial charge in [-0.2, -0.15) is 0 Å². The summed E-state index contributed by atoms with van der Waals surface area (Å²) >= 11 is 1.56. The van der Waals surface area contributed by atoms with Crippen molar-refractivity contribution >= 4 is 29.4 Å². The molecular formula is C31H36N2O8S. The Morgan fingerprint density at radius 1 is 1.05 bits per heavy atom. The maximum atomic E-state index is 13.4. The van der Waals surface area contributed by atoms with E-state index in [1.165, 1.54) is 30.9 Å². The Bertz CT molecular complexity index is 1350. The fourth-order valence-electron chi connectivity index (χ4n) is 5.07. The van der Waals surface area contributed by atoms with Crippen molar-refractivity contribution in [2.45, 2.75) is 56.6 Å². The highest BCUT2D eigenvalue weighted by molar-refractivity contribution is 7.99. The van der Waals surface area contributed by atoms with Crippen LogP contribution in [0.15, 0.2) is 76.0 Å². The summed E-state index contributed by atoms with van der Waals surface area (Å²) in [4.78, 5) is 38.1. The van der Waals surface area contributed by atoms with E-state index in [0.717, 1.165) is 37.2 Å². The van der Waals surface area contributed by atoms with Gasteiger partial charge in [0.05, 0.1) is 35.7 Å². The Hall–Kier alpha value is -3.67. The van der Waals surface area contributed by atoms with E-state index in [1.807, 2.05) is 12.1 Å². The van der Waals surface area contributed by atoms with Crippen molar-refractivity contribution in [1.82, 2.24) is 5.32 Å². The van der Waals surface area contributed by atoms with Crippen molar-refractivity contribution in [2.24, 2.45) is 0 Å². The Morgan fingerprint density at radius 2 is 1.79 bits per heavy atom. The largest absolute Gasteiger partial charge is 0.466 e. The lowest BCUT2D eigenvalue weighted by Crippen LogP contribution is -2.32. The number of nitro benzene ring substituents is 1. The average molecular weight is 597 g/mol. The van der Waals surface area contributed by atoms with E-state index in [1.54, 1.807) is 31.7 Å². The van der Waals surface area contributed by atoms with Gasteiger partial charge in [-0.1, -0.05) is 24.3 Å². The number of hydrogen-bond donors (Lipinski definition) is 1. The Labute approximate surface area is 249 Å². The van der Waals surface area contributed by atoms with E-state index >= 15 is 0 Å². The molecule has 0 amide bonds. The number of esters is 2. The maximum Gasteiger partial charge on any atom is 0.336 e. The first-order valence-corrected chi connectivity index (χ1v) is 14.9. The lowest BCUT2D eigenvalue weighted by atomic mass is 9.80. The summed E-state index contributed by atoms with van der Waals surface area (Å²) in [5.74, 6) is -1.61. The molecule has 1 fully saturated rings. The van der Waals surface area contributed by atoms with Crippen LogP contribution in [0.3, 0.4) is 0 Å². The number of allylic oxidation sites excluding steroid dienone is 2. The predicted octanol–water partition coefficient (Wildman–Crippen LogP) is 5.42. The number of carbonyl (C=O) groups excluding carboxylic acids is 2. The number of nitrogens with zero attached hydrogens (tertiary/aromatic N) is 1. The molecule has 10 nitrogen and oxygen atoms in total. The van der Waals surface area contributed by atoms with Crippen molar-refractivity contribution in [2.75, 3.05) is 32.7 Å². The number of nitrogens with one attached hydrogen (secondary N) is 1. The van der Waals surface area contributed by atoms with Gasteiger partial charge in [0, 0.05) is 40.8 Å². The number of ether oxygens (including phenoxy) is 4. The van der Waals surface area contributed by atoms with Gasteiger partial charge in [-0.3, -0.25) is 10.1 Å². The molecule has 0 aliphatic carbocycles. The Morgan fingerprint density at radius 3 is 2.45 bits per heavy atom. The van der Waals surface area contributed by atoms with Crippen LogP contribution in [0.2, 0.25) is 0 Å². The topological polar surface area (TPSA) is 126 Å². The monoisotopic (exact) mass is 596 g/mol. The summed E-state index contributed by atoms with van der Waals surface area (Å²) in [7, 11) is 1.25. The van der Waals surface area contributed by atoms with Crippen molar-refractivity contribution in [3.8, 4) is 0 Å². The molecule has 2 aliphatic heterocycles. The molecule has 0 spiro atoms. The van der Waals surface area contributed by atoms with Crippen molar-refractivity contribution in [3.05, 3.63) is 92.3 Å². The van der Waals surface area contributed by atoms with E-state index in [2.05, 4.69) is 17.4 Å². The first-order chi connectivity index (χ1) is 20.3. The second-order valence-electron chi connectivity index (χ2n) is 10.0. The van der Waals surface area contributed by atoms with E-state index in [9.17, 15) is 19.7 Å². The minimum absolute atomic E-state index is 0.0891. The van der Waals surface area contributed by atoms with Crippen LogP contribution in [0, 0.1) is 10.1 Å². The van der Waals surface area contributed by atoms with Crippen LogP contribution < -0.4 is 5.32 Å². The fraction of sp³-hybridized carbons (Fsp3) is 0.419. The van der Waals surface area contributed by atoms with Gasteiger partial charge in [-0.05, 0) is 62.8 Å². The molecule has 2 aliphatic rings. The first-order valence-electron chi connectivity index (χ1n) is 13.9. The second kappa shape index (κ2) is 15.0. The summed E-state index contributed by atoms with van der Waals surface area (Å²) in [5.41, 5.74) is 2.85. The molecule has 42 heavy (non-hydrogen) atoms. The SMILES string of the molecule is COC(=O)C1=C(C)NC(C)=C(C(=O)OCCSc2ccc(CCOC3CCCCO3)cc2)C1c1cccc([N+](=O)[O-])c1. The van der Waals surface area contributed by atoms with E-state index < -0.39 is 22.8 Å². The Balaban J connectivity index is 1.36. The number of carbonyl (C=O) groups is 2. The molecule has 0 aromatic heterocycles. The van der Waals surface area contributed by atoms with Gasteiger partial charge in [-0.15, -0.1) is 11.8 Å². The average Bonchev–Trinajstić information content (AvgIpc) is 2.99. The molecule has 1 N–H and O–H groups in total. The standard InChI is InChI=1S/C31H36N2O8S/c1-20-27(30(34)38-3)29(23-7-6-8-24(19-23)33(36)37)28(21(2)32-20)31(35)41-17-18-42-25-12-10-22(11-13-25)14-16-40-26-9-4-5-15-39-26/h6-8,10-13,19,26,29,32H,4-5,9,14-18H2,1-3H3. The summed E-state index contributed by atoms with van der Waals surface area (Å²) in [6.07, 6.45) is 3.91. The lowest BCUT2D eigenvalue weighted by Gasteiger charge is -2.30. The van der Waals surface area contributed by atoms with Crippen LogP contribution in [-0.2, 0) is 35.0 Å². The zero-order valence-corrected chi connectivity index (χ0v) is 24.9. The summed E-state index contributed by atoms with van der Waals surface area (Å²) < 4.78 is 22.1. The van der Waals surface area contributed by atoms with Gasteiger partial charge in [0.15, 0.2) is 6.29 Å². The molecule has 4 rings (SSSR count). The summed E-state index contributed by atoms with van der Waals surface area (Å²) in [6, 6.07) is 14.1. The maximum absolute atomic E-state index is 13.4. The number of non-ortho nitro benzene ring substituents is 1. The summed E-state index contributed by atoms with van der Waals surface area (Å²) in [6.45, 7) is 4.92. The fourth-order valence-corrected chi connectivity index (χ4v) is 5.80. The number of rotatable bonds is 12. The van der Waals surface area contributed by atoms with Crippen LogP contribution in [-0.4, -0.2) is 55.8 Å². The molecular weight excluding hydrogens is 560 g/mol. The number of benzene rings is 2. The lowest BCUT2D eigenvalue weighted by molar-refractivity contribution is -0.384. The normalized spacial score (nSPS) is 18.8. The molecule has 11 heteroatoms. The third kappa shape index (κ3) is 7.99. The van der Waals surface area contributed by atoms with Crippen LogP contribution in [0.4, 0.5) is 5.69 Å². The molecule has 2 aromatic rings. The number of hydrogen-bond acceptors (Lipinski definition) is 10. The van der Waals surface area contributed by atoms with Crippen molar-refractivity contribution in [3.63, 3.8) is 0 Å². The number of dihydropyridines is 1. The molecule has 1 saturated heterocycles. The van der Waals surface area contributed by atoms with Gasteiger partial charge in [-0.25, -0.2) is 9.59 Å². The van der Waals surface area contributed by atoms with Crippen molar-refractivity contribution in [1.29, 1.82) is 0 Å². The first kappa shape index (κ1) is 31.3. The summed E-state index contributed by atoms with van der Waals surface area (Å²) in [5, 5.41) is 14.5. The molecule has 0 saturated carbocycles. The highest BCUT2D eigenvalue weighted by Crippen LogP contribution is 2.40. The predicted molar refractivity (Wildman–Crippen MR) is 158 cm³/mol. The Kier molecular flexibility index (Phi) is 11.2. The van der Waals surface area contributed by atoms with Crippen molar-refractivity contribution < 1.29 is 33.5 Å². The highest BCUT2D eigenvalue weighted by atomic mass is 32.2. The zero-order chi connectivity index (χ0) is 30.1. The van der Waals surface area contributed by atoms with Gasteiger partial charge in [0.25, 0.3) is 5.69 Å². The number of methoxy groups -OCH3 is 1. The van der Waals surface area contributed by atoms with Gasteiger partial charge in [0.2, 0.25) is 0 Å². The third-order valence-electron chi connectivity index (χ3n) is 7.14. The molecule has 2 unspecified atom stereocenters. The quantitative estimate of drug-likeness (QED) is 0.112. The van der Waals surface area contributed by atoms with Gasteiger partial charge < -0.3 is 24.3 Å². The smallest absolute Gasteiger partial charge is 0.336 e. The molecule has 224 valence electrons. The second-order valence-corrected chi connectivity index (χ2v) is 11.2. The molecule has 0 radical (unpaired) electrons. The van der Waals surface area contributed by atoms with E-state index in [4.69, 9.17) is 18.9 Å². The minimum atomic E-state index is -0.889. The molecule has 2 atom stereocenters. The third-order valence-corrected chi connectivity index (χ3v) is 8.12. The van der Waals surface area contributed by atoms with Gasteiger partial charge in [0.1, 0.15) is 6.61 Å². The number of thioether (sulfide) groups is 1. The molecule has 0 bridgehead atoms. The van der Waals surface area contributed by atoms with Crippen LogP contribution in [0.25, 0.3) is 0 Å². The van der Waals surface area contributed by atoms with Crippen LogP contribution in [0.1, 0.15) is 50.2 Å². The van der Waals surface area contributed by atoms with E-state index in [-0.39, 0.29) is 29.7 Å². The van der Waals surface area contributed by atoms with Crippen LogP contribution >= 0.6 is 11.8 Å².